The predicted molar refractivity (Wildman–Crippen MR) is 104 cm³/mol. The maximum atomic E-state index is 11.8. The van der Waals surface area contributed by atoms with Gasteiger partial charge >= 0.3 is 5.97 Å². The van der Waals surface area contributed by atoms with Crippen molar-refractivity contribution in [2.45, 2.75) is 38.6 Å². The summed E-state index contributed by atoms with van der Waals surface area (Å²) in [5.74, 6) is 0.894. The lowest BCUT2D eigenvalue weighted by atomic mass is 9.86. The van der Waals surface area contributed by atoms with Gasteiger partial charge in [-0.2, -0.15) is 0 Å². The highest BCUT2D eigenvalue weighted by atomic mass is 16.5. The van der Waals surface area contributed by atoms with Crippen molar-refractivity contribution in [3.63, 3.8) is 0 Å². The van der Waals surface area contributed by atoms with Gasteiger partial charge in [0.25, 0.3) is 0 Å². The van der Waals surface area contributed by atoms with Crippen LogP contribution >= 0.6 is 0 Å². The lowest BCUT2D eigenvalue weighted by molar-refractivity contribution is 0.0601. The smallest absolute Gasteiger partial charge is 0.337 e. The van der Waals surface area contributed by atoms with Gasteiger partial charge in [-0.15, -0.1) is 0 Å². The van der Waals surface area contributed by atoms with Gasteiger partial charge in [-0.05, 0) is 37.0 Å². The highest BCUT2D eigenvalue weighted by molar-refractivity contribution is 5.97. The zero-order valence-corrected chi connectivity index (χ0v) is 16.1. The predicted octanol–water partition coefficient (Wildman–Crippen LogP) is 2.86. The monoisotopic (exact) mass is 375 g/mol. The third-order valence-electron chi connectivity index (χ3n) is 5.33. The highest BCUT2D eigenvalue weighted by Gasteiger charge is 2.24. The van der Waals surface area contributed by atoms with E-state index in [0.717, 1.165) is 25.5 Å². The molecule has 1 saturated heterocycles. The first kappa shape index (κ1) is 19.5. The number of ether oxygens (including phenoxy) is 2. The summed E-state index contributed by atoms with van der Waals surface area (Å²) in [7, 11) is 1.34. The van der Waals surface area contributed by atoms with E-state index in [1.807, 2.05) is 0 Å². The Kier molecular flexibility index (Phi) is 6.55. The van der Waals surface area contributed by atoms with Crippen LogP contribution in [0.15, 0.2) is 23.2 Å². The van der Waals surface area contributed by atoms with E-state index in [-0.39, 0.29) is 11.8 Å². The number of carbonyl (C=O) groups is 1. The average Bonchev–Trinajstić information content (AvgIpc) is 2.70. The number of rotatable bonds is 3. The number of phenolic OH excluding ortho intramolecular Hbond substituents is 1. The van der Waals surface area contributed by atoms with Crippen molar-refractivity contribution in [2.24, 2.45) is 10.9 Å². The number of aromatic hydroxyl groups is 1. The van der Waals surface area contributed by atoms with Crippen LogP contribution in [0, 0.1) is 5.92 Å². The zero-order chi connectivity index (χ0) is 19.2. The van der Waals surface area contributed by atoms with Crippen LogP contribution in [-0.4, -0.2) is 61.4 Å². The second-order valence-corrected chi connectivity index (χ2v) is 7.23. The number of hydrogen-bond acceptors (Lipinski definition) is 5. The molecule has 2 atom stereocenters. The molecular formula is C20H29N3O4. The van der Waals surface area contributed by atoms with E-state index in [0.29, 0.717) is 30.4 Å². The van der Waals surface area contributed by atoms with Gasteiger partial charge in [0.05, 0.1) is 37.6 Å². The molecule has 1 aromatic rings. The number of nitrogens with one attached hydrogen (secondary N) is 1. The Bertz CT molecular complexity index is 686. The number of guanidine groups is 1. The first-order valence-electron chi connectivity index (χ1n) is 9.67. The van der Waals surface area contributed by atoms with Crippen LogP contribution < -0.4 is 5.32 Å². The second kappa shape index (κ2) is 9.08. The van der Waals surface area contributed by atoms with Crippen molar-refractivity contribution < 1.29 is 19.4 Å². The molecule has 1 aliphatic heterocycles. The maximum Gasteiger partial charge on any atom is 0.337 e. The quantitative estimate of drug-likeness (QED) is 0.366. The summed E-state index contributed by atoms with van der Waals surface area (Å²) in [4.78, 5) is 19.0. The number of aliphatic imine (C=N–C) groups is 1. The molecule has 0 radical (unpaired) electrons. The van der Waals surface area contributed by atoms with Gasteiger partial charge in [0.1, 0.15) is 5.75 Å². The van der Waals surface area contributed by atoms with Crippen molar-refractivity contribution in [2.75, 3.05) is 38.7 Å². The van der Waals surface area contributed by atoms with Crippen LogP contribution in [0.2, 0.25) is 0 Å². The summed E-state index contributed by atoms with van der Waals surface area (Å²) >= 11 is 0. The number of carbonyl (C=O) groups excluding carboxylic acids is 1. The molecule has 148 valence electrons. The molecule has 2 N–H and O–H groups in total. The number of anilines is 1. The molecule has 2 aliphatic rings. The zero-order valence-electron chi connectivity index (χ0n) is 16.1. The van der Waals surface area contributed by atoms with Crippen molar-refractivity contribution >= 4 is 17.6 Å². The highest BCUT2D eigenvalue weighted by Crippen LogP contribution is 2.28. The maximum absolute atomic E-state index is 11.8. The Labute approximate surface area is 160 Å². The fourth-order valence-corrected chi connectivity index (χ4v) is 3.62. The molecule has 0 aromatic heterocycles. The molecule has 7 heteroatoms. The third kappa shape index (κ3) is 4.91. The van der Waals surface area contributed by atoms with Crippen LogP contribution in [0.3, 0.4) is 0 Å². The largest absolute Gasteiger partial charge is 0.506 e. The van der Waals surface area contributed by atoms with Crippen LogP contribution in [-0.2, 0) is 9.47 Å². The van der Waals surface area contributed by atoms with Crippen molar-refractivity contribution in [3.8, 4) is 5.75 Å². The summed E-state index contributed by atoms with van der Waals surface area (Å²) in [5.41, 5.74) is 0.830. The van der Waals surface area contributed by atoms with Crippen molar-refractivity contribution in [1.82, 2.24) is 4.90 Å². The average molecular weight is 375 g/mol. The molecule has 1 saturated carbocycles. The number of hydrogen-bond donors (Lipinski definition) is 2. The van der Waals surface area contributed by atoms with E-state index >= 15 is 0 Å². The number of esters is 1. The summed E-state index contributed by atoms with van der Waals surface area (Å²) in [6, 6.07) is 4.90. The van der Waals surface area contributed by atoms with E-state index < -0.39 is 5.97 Å². The van der Waals surface area contributed by atoms with Crippen molar-refractivity contribution in [1.29, 1.82) is 0 Å². The van der Waals surface area contributed by atoms with Crippen LogP contribution in [0.5, 0.6) is 5.75 Å². The summed E-state index contributed by atoms with van der Waals surface area (Å²) in [6.45, 7) is 5.03. The minimum absolute atomic E-state index is 0.0697. The molecule has 7 nitrogen and oxygen atoms in total. The van der Waals surface area contributed by atoms with Gasteiger partial charge < -0.3 is 24.8 Å². The fraction of sp³-hybridized carbons (Fsp3) is 0.600. The normalized spacial score (nSPS) is 23.8. The van der Waals surface area contributed by atoms with Crippen LogP contribution in [0.25, 0.3) is 0 Å². The van der Waals surface area contributed by atoms with Gasteiger partial charge in [-0.25, -0.2) is 9.79 Å². The number of nitrogens with zero attached hydrogens (tertiary/aromatic N) is 2. The first-order valence-corrected chi connectivity index (χ1v) is 9.67. The Morgan fingerprint density at radius 1 is 1.30 bits per heavy atom. The summed E-state index contributed by atoms with van der Waals surface area (Å²) in [5, 5.41) is 13.5. The summed E-state index contributed by atoms with van der Waals surface area (Å²) in [6.07, 6.45) is 4.71. The molecule has 1 aromatic carbocycles. The number of phenols is 1. The molecule has 0 amide bonds. The minimum atomic E-state index is -0.441. The first-order chi connectivity index (χ1) is 13.1. The molecule has 0 bridgehead atoms. The second-order valence-electron chi connectivity index (χ2n) is 7.23. The van der Waals surface area contributed by atoms with E-state index in [4.69, 9.17) is 14.5 Å². The Hall–Kier alpha value is -2.28. The van der Waals surface area contributed by atoms with Crippen LogP contribution in [0.4, 0.5) is 5.69 Å². The lowest BCUT2D eigenvalue weighted by Gasteiger charge is -2.33. The third-order valence-corrected chi connectivity index (χ3v) is 5.33. The van der Waals surface area contributed by atoms with E-state index in [1.54, 1.807) is 12.1 Å². The summed E-state index contributed by atoms with van der Waals surface area (Å²) < 4.78 is 10.2. The van der Waals surface area contributed by atoms with Gasteiger partial charge in [0, 0.05) is 13.1 Å². The molecule has 1 aliphatic carbocycles. The molecular weight excluding hydrogens is 346 g/mol. The molecule has 2 fully saturated rings. The molecule has 2 unspecified atom stereocenters. The number of methoxy groups -OCH3 is 1. The molecule has 1 heterocycles. The van der Waals surface area contributed by atoms with Gasteiger partial charge in [0.2, 0.25) is 0 Å². The van der Waals surface area contributed by atoms with E-state index in [1.165, 1.54) is 32.4 Å². The van der Waals surface area contributed by atoms with Gasteiger partial charge in [-0.1, -0.05) is 19.8 Å². The topological polar surface area (TPSA) is 83.4 Å². The molecule has 3 rings (SSSR count). The minimum Gasteiger partial charge on any atom is -0.506 e. The van der Waals surface area contributed by atoms with Gasteiger partial charge in [0.15, 0.2) is 5.96 Å². The van der Waals surface area contributed by atoms with Crippen molar-refractivity contribution in [3.05, 3.63) is 23.8 Å². The number of morpholine rings is 1. The Balaban J connectivity index is 1.87. The van der Waals surface area contributed by atoms with Gasteiger partial charge in [-0.3, -0.25) is 0 Å². The fourth-order valence-electron chi connectivity index (χ4n) is 3.62. The Morgan fingerprint density at radius 2 is 2.04 bits per heavy atom. The van der Waals surface area contributed by atoms with Crippen LogP contribution in [0.1, 0.15) is 43.0 Å². The van der Waals surface area contributed by atoms with E-state index in [9.17, 15) is 9.90 Å². The standard InChI is InChI=1S/C20H29N3O4/c1-14-5-3-4-6-16(14)21-20(23-9-11-27-12-10-23)22-17-13-15(19(25)26-2)7-8-18(17)24/h7-8,13-14,16,24H,3-6,9-12H2,1-2H3,(H,21,22). The SMILES string of the molecule is COC(=O)c1ccc(O)c(NC(=NC2CCCCC2C)N2CCOCC2)c1. The Morgan fingerprint density at radius 3 is 2.74 bits per heavy atom. The lowest BCUT2D eigenvalue weighted by Crippen LogP contribution is -2.45. The molecule has 27 heavy (non-hydrogen) atoms. The van der Waals surface area contributed by atoms with E-state index in [2.05, 4.69) is 17.1 Å². The molecule has 0 spiro atoms. The number of benzene rings is 1.